The Bertz CT molecular complexity index is 3710. The Labute approximate surface area is 397 Å². The van der Waals surface area contributed by atoms with Gasteiger partial charge >= 0.3 is 0 Å². The van der Waals surface area contributed by atoms with Crippen LogP contribution in [0.1, 0.15) is 58.4 Å². The number of para-hydroxylation sites is 2. The predicted molar refractivity (Wildman–Crippen MR) is 281 cm³/mol. The minimum absolute atomic E-state index is 0.152. The standard InChI is InChI=1S/C66H45NO/c1-65(2)58-25-11-5-18-50(58)51-39-37-47(41-61(51)65)67(46-36-38-49-52-19-7-13-28-62(52)68-63-29-14-8-20-53(63)55(49)40-46)45-34-32-42(33-35-45)48-22-15-27-60-64(48)54-21-6-12-26-59(54)66(60)56-23-9-3-16-43(56)30-31-44-17-4-10-24-57(44)66/h3-41H,1-2H3. The molecule has 14 rings (SSSR count). The highest BCUT2D eigenvalue weighted by atomic mass is 16.5. The average Bonchev–Trinajstić information content (AvgIpc) is 3.67. The molecule has 1 spiro atoms. The first-order valence-corrected chi connectivity index (χ1v) is 23.7. The molecule has 1 aliphatic heterocycles. The van der Waals surface area contributed by atoms with Crippen LogP contribution >= 0.6 is 0 Å². The van der Waals surface area contributed by atoms with Gasteiger partial charge in [-0.3, -0.25) is 0 Å². The van der Waals surface area contributed by atoms with Crippen LogP contribution in [0.4, 0.5) is 17.1 Å². The Kier molecular flexibility index (Phi) is 8.28. The SMILES string of the molecule is CC1(C)c2ccccc2-c2ccc(N(c3ccc(-c4cccc5c4-c4ccccc4C54c5ccccc5C=Cc5ccccc54)cc3)c3ccc4c(c3)-c3ccccc3Oc3ccccc3-4)cc21. The molecule has 10 aromatic rings. The number of nitrogens with zero attached hydrogens (tertiary/aromatic N) is 1. The van der Waals surface area contributed by atoms with Crippen molar-refractivity contribution in [3.8, 4) is 67.1 Å². The molecular formula is C66H45NO. The minimum Gasteiger partial charge on any atom is -0.456 e. The molecule has 0 saturated heterocycles. The molecule has 0 radical (unpaired) electrons. The van der Waals surface area contributed by atoms with Gasteiger partial charge in [-0.2, -0.15) is 0 Å². The summed E-state index contributed by atoms with van der Waals surface area (Å²) in [6.07, 6.45) is 4.60. The van der Waals surface area contributed by atoms with E-state index >= 15 is 0 Å². The number of hydrogen-bond acceptors (Lipinski definition) is 2. The van der Waals surface area contributed by atoms with Crippen LogP contribution in [-0.4, -0.2) is 0 Å². The summed E-state index contributed by atoms with van der Waals surface area (Å²) in [5.41, 5.74) is 25.2. The average molecular weight is 868 g/mol. The van der Waals surface area contributed by atoms with Crippen molar-refractivity contribution in [1.29, 1.82) is 0 Å². The molecule has 0 atom stereocenters. The van der Waals surface area contributed by atoms with E-state index < -0.39 is 5.41 Å². The first kappa shape index (κ1) is 38.8. The maximum Gasteiger partial charge on any atom is 0.135 e. The second kappa shape index (κ2) is 14.5. The Morgan fingerprint density at radius 2 is 0.809 bits per heavy atom. The summed E-state index contributed by atoms with van der Waals surface area (Å²) < 4.78 is 6.63. The smallest absolute Gasteiger partial charge is 0.135 e. The fourth-order valence-corrected chi connectivity index (χ4v) is 12.3. The maximum absolute atomic E-state index is 6.63. The summed E-state index contributed by atoms with van der Waals surface area (Å²) in [6, 6.07) is 83.0. The fourth-order valence-electron chi connectivity index (χ4n) is 12.3. The van der Waals surface area contributed by atoms with Gasteiger partial charge in [-0.25, -0.2) is 0 Å². The lowest BCUT2D eigenvalue weighted by Gasteiger charge is -2.35. The first-order chi connectivity index (χ1) is 33.5. The van der Waals surface area contributed by atoms with Gasteiger partial charge < -0.3 is 9.64 Å². The molecule has 1 heterocycles. The topological polar surface area (TPSA) is 12.5 Å². The van der Waals surface area contributed by atoms with Gasteiger partial charge in [-0.15, -0.1) is 0 Å². The zero-order chi connectivity index (χ0) is 45.1. The van der Waals surface area contributed by atoms with Gasteiger partial charge in [0.2, 0.25) is 0 Å². The van der Waals surface area contributed by atoms with Crippen LogP contribution in [0.25, 0.3) is 67.8 Å². The second-order valence-corrected chi connectivity index (χ2v) is 19.1. The van der Waals surface area contributed by atoms with E-state index in [2.05, 4.69) is 249 Å². The van der Waals surface area contributed by atoms with Gasteiger partial charge in [0, 0.05) is 33.6 Å². The molecule has 68 heavy (non-hydrogen) atoms. The van der Waals surface area contributed by atoms with Gasteiger partial charge in [0.15, 0.2) is 0 Å². The van der Waals surface area contributed by atoms with Gasteiger partial charge in [0.05, 0.1) is 5.41 Å². The van der Waals surface area contributed by atoms with Crippen LogP contribution in [0, 0.1) is 0 Å². The summed E-state index contributed by atoms with van der Waals surface area (Å²) in [4.78, 5) is 2.44. The van der Waals surface area contributed by atoms with Crippen LogP contribution in [0.2, 0.25) is 0 Å². The van der Waals surface area contributed by atoms with Gasteiger partial charge in [-0.1, -0.05) is 202 Å². The van der Waals surface area contributed by atoms with E-state index in [1.54, 1.807) is 0 Å². The molecule has 10 aromatic carbocycles. The molecule has 0 unspecified atom stereocenters. The number of hydrogen-bond donors (Lipinski definition) is 0. The molecular weight excluding hydrogens is 823 g/mol. The van der Waals surface area contributed by atoms with E-state index in [1.165, 1.54) is 77.9 Å². The monoisotopic (exact) mass is 867 g/mol. The summed E-state index contributed by atoms with van der Waals surface area (Å²) in [6.45, 7) is 4.72. The zero-order valence-electron chi connectivity index (χ0n) is 37.9. The fraction of sp³-hybridized carbons (Fsp3) is 0.0606. The van der Waals surface area contributed by atoms with Crippen molar-refractivity contribution in [2.45, 2.75) is 24.7 Å². The molecule has 3 aliphatic carbocycles. The Morgan fingerprint density at radius 1 is 0.324 bits per heavy atom. The lowest BCUT2D eigenvalue weighted by molar-refractivity contribution is 0.488. The molecule has 0 amide bonds. The van der Waals surface area contributed by atoms with Crippen molar-refractivity contribution >= 4 is 29.2 Å². The predicted octanol–water partition coefficient (Wildman–Crippen LogP) is 17.4. The van der Waals surface area contributed by atoms with Crippen LogP contribution in [0.5, 0.6) is 11.5 Å². The largest absolute Gasteiger partial charge is 0.456 e. The lowest BCUT2D eigenvalue weighted by Crippen LogP contribution is -2.29. The van der Waals surface area contributed by atoms with Gasteiger partial charge in [-0.05, 0) is 138 Å². The Hall–Kier alpha value is -8.46. The van der Waals surface area contributed by atoms with Crippen molar-refractivity contribution < 1.29 is 4.74 Å². The summed E-state index contributed by atoms with van der Waals surface area (Å²) >= 11 is 0. The van der Waals surface area contributed by atoms with Crippen LogP contribution < -0.4 is 9.64 Å². The molecule has 0 fully saturated rings. The zero-order valence-corrected chi connectivity index (χ0v) is 37.9. The normalized spacial score (nSPS) is 14.3. The van der Waals surface area contributed by atoms with Gasteiger partial charge in [0.1, 0.15) is 11.5 Å². The second-order valence-electron chi connectivity index (χ2n) is 19.1. The highest BCUT2D eigenvalue weighted by Crippen LogP contribution is 2.61. The Morgan fingerprint density at radius 3 is 1.50 bits per heavy atom. The van der Waals surface area contributed by atoms with Crippen molar-refractivity contribution in [2.75, 3.05) is 4.90 Å². The maximum atomic E-state index is 6.63. The highest BCUT2D eigenvalue weighted by molar-refractivity contribution is 5.99. The number of benzene rings is 10. The van der Waals surface area contributed by atoms with E-state index in [9.17, 15) is 0 Å². The highest BCUT2D eigenvalue weighted by Gasteiger charge is 2.49. The van der Waals surface area contributed by atoms with E-state index in [1.807, 2.05) is 6.07 Å². The quantitative estimate of drug-likeness (QED) is 0.175. The third-order valence-electron chi connectivity index (χ3n) is 15.3. The third kappa shape index (κ3) is 5.40. The van der Waals surface area contributed by atoms with Crippen LogP contribution in [-0.2, 0) is 10.8 Å². The molecule has 0 aromatic heterocycles. The van der Waals surface area contributed by atoms with Crippen LogP contribution in [0.15, 0.2) is 224 Å². The summed E-state index contributed by atoms with van der Waals surface area (Å²) in [7, 11) is 0. The molecule has 2 heteroatoms. The molecule has 0 saturated carbocycles. The lowest BCUT2D eigenvalue weighted by atomic mass is 9.66. The molecule has 0 N–H and O–H groups in total. The van der Waals surface area contributed by atoms with E-state index in [4.69, 9.17) is 4.74 Å². The number of anilines is 3. The first-order valence-electron chi connectivity index (χ1n) is 23.7. The number of ether oxygens (including phenoxy) is 1. The molecule has 320 valence electrons. The molecule has 2 nitrogen and oxygen atoms in total. The van der Waals surface area contributed by atoms with E-state index in [0.717, 1.165) is 50.8 Å². The molecule has 4 aliphatic rings. The van der Waals surface area contributed by atoms with Crippen molar-refractivity contribution in [3.63, 3.8) is 0 Å². The minimum atomic E-state index is -0.480. The number of fused-ring (bicyclic) bond motifs is 17. The van der Waals surface area contributed by atoms with Crippen molar-refractivity contribution in [2.24, 2.45) is 0 Å². The number of rotatable bonds is 4. The van der Waals surface area contributed by atoms with E-state index in [0.29, 0.717) is 0 Å². The van der Waals surface area contributed by atoms with E-state index in [-0.39, 0.29) is 5.41 Å². The van der Waals surface area contributed by atoms with Crippen LogP contribution in [0.3, 0.4) is 0 Å². The van der Waals surface area contributed by atoms with Crippen molar-refractivity contribution in [1.82, 2.24) is 0 Å². The van der Waals surface area contributed by atoms with Gasteiger partial charge in [0.25, 0.3) is 0 Å². The Balaban J connectivity index is 0.957. The van der Waals surface area contributed by atoms with Crippen molar-refractivity contribution in [3.05, 3.63) is 269 Å². The third-order valence-corrected chi connectivity index (χ3v) is 15.3. The summed E-state index contributed by atoms with van der Waals surface area (Å²) in [5.74, 6) is 1.72. The molecule has 0 bridgehead atoms. The summed E-state index contributed by atoms with van der Waals surface area (Å²) in [5, 5.41) is 0.